The standard InChI is InChI=1S/C10H8Cl2O3/c1-6(11)5-15-9-4-7(12)2-3-8(9)10(13)14/h2-4H,1,5H2,(H,13,14). The molecule has 0 saturated carbocycles. The number of ether oxygens (including phenoxy) is 1. The predicted octanol–water partition coefficient (Wildman–Crippen LogP) is 3.17. The van der Waals surface area contributed by atoms with Gasteiger partial charge in [-0.05, 0) is 18.2 Å². The lowest BCUT2D eigenvalue weighted by molar-refractivity contribution is 0.0693. The summed E-state index contributed by atoms with van der Waals surface area (Å²) < 4.78 is 5.14. The van der Waals surface area contributed by atoms with Crippen LogP contribution in [0.25, 0.3) is 0 Å². The third-order valence-corrected chi connectivity index (χ3v) is 1.90. The third-order valence-electron chi connectivity index (χ3n) is 1.56. The number of carboxylic acids is 1. The number of halogens is 2. The minimum atomic E-state index is -1.08. The van der Waals surface area contributed by atoms with Gasteiger partial charge in [-0.2, -0.15) is 0 Å². The molecular weight excluding hydrogens is 239 g/mol. The molecule has 0 aromatic heterocycles. The van der Waals surface area contributed by atoms with Crippen molar-refractivity contribution in [1.29, 1.82) is 0 Å². The van der Waals surface area contributed by atoms with Crippen LogP contribution in [-0.2, 0) is 0 Å². The van der Waals surface area contributed by atoms with E-state index >= 15 is 0 Å². The highest BCUT2D eigenvalue weighted by atomic mass is 35.5. The first-order chi connectivity index (χ1) is 7.00. The highest BCUT2D eigenvalue weighted by Gasteiger charge is 2.11. The maximum absolute atomic E-state index is 10.8. The molecule has 0 heterocycles. The van der Waals surface area contributed by atoms with Crippen molar-refractivity contribution >= 4 is 29.2 Å². The van der Waals surface area contributed by atoms with Crippen LogP contribution in [0.3, 0.4) is 0 Å². The number of hydrogen-bond donors (Lipinski definition) is 1. The summed E-state index contributed by atoms with van der Waals surface area (Å²) in [7, 11) is 0. The normalized spacial score (nSPS) is 9.73. The van der Waals surface area contributed by atoms with Crippen LogP contribution in [0.5, 0.6) is 5.75 Å². The number of carboxylic acid groups (broad SMARTS) is 1. The molecule has 0 aliphatic heterocycles. The van der Waals surface area contributed by atoms with Gasteiger partial charge in [0.15, 0.2) is 0 Å². The van der Waals surface area contributed by atoms with Crippen LogP contribution in [0, 0.1) is 0 Å². The summed E-state index contributed by atoms with van der Waals surface area (Å²) >= 11 is 11.2. The maximum atomic E-state index is 10.8. The smallest absolute Gasteiger partial charge is 0.339 e. The van der Waals surface area contributed by atoms with Crippen LogP contribution < -0.4 is 4.74 Å². The molecule has 0 aliphatic rings. The second-order valence-corrected chi connectivity index (χ2v) is 3.72. The van der Waals surface area contributed by atoms with Gasteiger partial charge in [0, 0.05) is 10.1 Å². The fourth-order valence-corrected chi connectivity index (χ4v) is 1.16. The van der Waals surface area contributed by atoms with E-state index in [0.29, 0.717) is 5.02 Å². The lowest BCUT2D eigenvalue weighted by Gasteiger charge is -2.08. The summed E-state index contributed by atoms with van der Waals surface area (Å²) in [6.45, 7) is 3.47. The molecule has 1 aromatic carbocycles. The molecule has 5 heteroatoms. The van der Waals surface area contributed by atoms with Crippen LogP contribution in [-0.4, -0.2) is 17.7 Å². The summed E-state index contributed by atoms with van der Waals surface area (Å²) in [5.74, 6) is -0.904. The fraction of sp³-hybridized carbons (Fsp3) is 0.100. The molecule has 0 unspecified atom stereocenters. The Kier molecular flexibility index (Phi) is 4.00. The average molecular weight is 247 g/mol. The second kappa shape index (κ2) is 5.05. The van der Waals surface area contributed by atoms with E-state index in [1.165, 1.54) is 18.2 Å². The van der Waals surface area contributed by atoms with E-state index in [1.807, 2.05) is 0 Å². The Balaban J connectivity index is 2.96. The van der Waals surface area contributed by atoms with Crippen LogP contribution in [0.15, 0.2) is 29.8 Å². The molecule has 0 aliphatic carbocycles. The molecule has 3 nitrogen and oxygen atoms in total. The summed E-state index contributed by atoms with van der Waals surface area (Å²) in [6, 6.07) is 4.27. The Morgan fingerprint density at radius 3 is 2.73 bits per heavy atom. The monoisotopic (exact) mass is 246 g/mol. The van der Waals surface area contributed by atoms with E-state index in [4.69, 9.17) is 33.0 Å². The van der Waals surface area contributed by atoms with Gasteiger partial charge in [-0.25, -0.2) is 4.79 Å². The van der Waals surface area contributed by atoms with Crippen molar-refractivity contribution < 1.29 is 14.6 Å². The summed E-state index contributed by atoms with van der Waals surface area (Å²) in [4.78, 5) is 10.8. The number of benzene rings is 1. The van der Waals surface area contributed by atoms with Crippen molar-refractivity contribution in [3.63, 3.8) is 0 Å². The maximum Gasteiger partial charge on any atom is 0.339 e. The fourth-order valence-electron chi connectivity index (χ4n) is 0.948. The molecule has 1 aromatic rings. The summed E-state index contributed by atoms with van der Waals surface area (Å²) in [6.07, 6.45) is 0. The molecule has 15 heavy (non-hydrogen) atoms. The largest absolute Gasteiger partial charge is 0.487 e. The topological polar surface area (TPSA) is 46.5 Å². The highest BCUT2D eigenvalue weighted by Crippen LogP contribution is 2.24. The van der Waals surface area contributed by atoms with Crippen LogP contribution >= 0.6 is 23.2 Å². The SMILES string of the molecule is C=C(Cl)COc1cc(Cl)ccc1C(=O)O. The van der Waals surface area contributed by atoms with Gasteiger partial charge in [-0.1, -0.05) is 29.8 Å². The molecule has 0 fully saturated rings. The van der Waals surface area contributed by atoms with Crippen molar-refractivity contribution in [2.75, 3.05) is 6.61 Å². The van der Waals surface area contributed by atoms with Crippen LogP contribution in [0.4, 0.5) is 0 Å². The van der Waals surface area contributed by atoms with E-state index in [9.17, 15) is 4.79 Å². The van der Waals surface area contributed by atoms with Gasteiger partial charge in [-0.15, -0.1) is 0 Å². The molecule has 0 radical (unpaired) electrons. The lowest BCUT2D eigenvalue weighted by atomic mass is 10.2. The first-order valence-corrected chi connectivity index (χ1v) is 4.75. The molecule has 80 valence electrons. The molecule has 0 atom stereocenters. The van der Waals surface area contributed by atoms with Gasteiger partial charge < -0.3 is 9.84 Å². The second-order valence-electron chi connectivity index (χ2n) is 2.75. The van der Waals surface area contributed by atoms with Crippen molar-refractivity contribution in [1.82, 2.24) is 0 Å². The van der Waals surface area contributed by atoms with Crippen molar-refractivity contribution in [3.05, 3.63) is 40.4 Å². The predicted molar refractivity (Wildman–Crippen MR) is 58.9 cm³/mol. The Morgan fingerprint density at radius 1 is 1.53 bits per heavy atom. The Bertz CT molecular complexity index is 402. The van der Waals surface area contributed by atoms with Gasteiger partial charge in [0.2, 0.25) is 0 Å². The van der Waals surface area contributed by atoms with E-state index in [1.54, 1.807) is 0 Å². The minimum Gasteiger partial charge on any atom is -0.487 e. The minimum absolute atomic E-state index is 0.0392. The highest BCUT2D eigenvalue weighted by molar-refractivity contribution is 6.31. The van der Waals surface area contributed by atoms with Crippen molar-refractivity contribution in [2.24, 2.45) is 0 Å². The lowest BCUT2D eigenvalue weighted by Crippen LogP contribution is -2.04. The van der Waals surface area contributed by atoms with Gasteiger partial charge >= 0.3 is 5.97 Å². The molecule has 0 spiro atoms. The zero-order chi connectivity index (χ0) is 11.4. The first kappa shape index (κ1) is 11.9. The van der Waals surface area contributed by atoms with Crippen LogP contribution in [0.1, 0.15) is 10.4 Å². The van der Waals surface area contributed by atoms with Crippen molar-refractivity contribution in [3.8, 4) is 5.75 Å². The summed E-state index contributed by atoms with van der Waals surface area (Å²) in [5.41, 5.74) is 0.0392. The van der Waals surface area contributed by atoms with E-state index < -0.39 is 5.97 Å². The zero-order valence-electron chi connectivity index (χ0n) is 7.67. The Morgan fingerprint density at radius 2 is 2.20 bits per heavy atom. The zero-order valence-corrected chi connectivity index (χ0v) is 9.18. The van der Waals surface area contributed by atoms with E-state index in [-0.39, 0.29) is 23.0 Å². The Hall–Kier alpha value is -1.19. The van der Waals surface area contributed by atoms with Crippen LogP contribution in [0.2, 0.25) is 5.02 Å². The van der Waals surface area contributed by atoms with E-state index in [0.717, 1.165) is 0 Å². The number of carbonyl (C=O) groups is 1. The quantitative estimate of drug-likeness (QED) is 0.888. The number of rotatable bonds is 4. The molecule has 0 bridgehead atoms. The number of hydrogen-bond acceptors (Lipinski definition) is 2. The van der Waals surface area contributed by atoms with Gasteiger partial charge in [0.25, 0.3) is 0 Å². The molecule has 0 saturated heterocycles. The molecule has 0 amide bonds. The van der Waals surface area contributed by atoms with E-state index in [2.05, 4.69) is 6.58 Å². The third kappa shape index (κ3) is 3.46. The first-order valence-electron chi connectivity index (χ1n) is 3.99. The van der Waals surface area contributed by atoms with Gasteiger partial charge in [-0.3, -0.25) is 0 Å². The van der Waals surface area contributed by atoms with Gasteiger partial charge in [0.05, 0.1) is 0 Å². The summed E-state index contributed by atoms with van der Waals surface area (Å²) in [5, 5.41) is 9.53. The average Bonchev–Trinajstić information content (AvgIpc) is 2.14. The van der Waals surface area contributed by atoms with Gasteiger partial charge in [0.1, 0.15) is 17.9 Å². The number of aromatic carboxylic acids is 1. The molecule has 1 rings (SSSR count). The molecular formula is C10H8Cl2O3. The molecule has 1 N–H and O–H groups in total. The Labute approximate surface area is 96.9 Å². The van der Waals surface area contributed by atoms with Crippen molar-refractivity contribution in [2.45, 2.75) is 0 Å².